The Morgan fingerprint density at radius 3 is 3.04 bits per heavy atom. The minimum atomic E-state index is -0.742. The van der Waals surface area contributed by atoms with Gasteiger partial charge in [0.25, 0.3) is 0 Å². The number of thiophene rings is 1. The van der Waals surface area contributed by atoms with Crippen molar-refractivity contribution < 1.29 is 9.00 Å². The van der Waals surface area contributed by atoms with E-state index in [-0.39, 0.29) is 23.7 Å². The Balaban J connectivity index is 1.55. The van der Waals surface area contributed by atoms with E-state index in [4.69, 9.17) is 0 Å². The van der Waals surface area contributed by atoms with Crippen LogP contribution in [0.15, 0.2) is 16.4 Å². The number of hydrogen-bond acceptors (Lipinski definition) is 4. The molecule has 0 spiro atoms. The highest BCUT2D eigenvalue weighted by Crippen LogP contribution is 2.24. The second-order valence-corrected chi connectivity index (χ2v) is 10.4. The highest BCUT2D eigenvalue weighted by molar-refractivity contribution is 7.85. The minimum Gasteiger partial charge on any atom is -0.357 e. The molecule has 0 saturated heterocycles. The van der Waals surface area contributed by atoms with E-state index in [1.165, 1.54) is 10.4 Å². The van der Waals surface area contributed by atoms with Crippen LogP contribution in [-0.2, 0) is 28.6 Å². The number of carbonyl (C=O) groups is 1. The molecule has 1 aromatic heterocycles. The second kappa shape index (κ2) is 10.4. The van der Waals surface area contributed by atoms with Crippen LogP contribution in [0.5, 0.6) is 0 Å². The molecule has 1 aliphatic carbocycles. The van der Waals surface area contributed by atoms with Crippen molar-refractivity contribution in [2.24, 2.45) is 4.99 Å². The number of nitrogens with zero attached hydrogens (tertiary/aromatic N) is 2. The van der Waals surface area contributed by atoms with Crippen molar-refractivity contribution in [2.75, 3.05) is 25.4 Å². The molecule has 2 N–H and O–H groups in total. The van der Waals surface area contributed by atoms with E-state index in [1.54, 1.807) is 11.3 Å². The highest BCUT2D eigenvalue weighted by atomic mass is 32.2. The van der Waals surface area contributed by atoms with Gasteiger partial charge in [-0.2, -0.15) is 0 Å². The molecule has 2 heterocycles. The Hall–Kier alpha value is -1.41. The maximum absolute atomic E-state index is 12.6. The van der Waals surface area contributed by atoms with Gasteiger partial charge in [-0.15, -0.1) is 11.3 Å². The number of amides is 1. The van der Waals surface area contributed by atoms with Crippen molar-refractivity contribution in [3.8, 4) is 0 Å². The maximum Gasteiger partial charge on any atom is 0.244 e. The van der Waals surface area contributed by atoms with E-state index in [0.29, 0.717) is 12.5 Å². The van der Waals surface area contributed by atoms with E-state index >= 15 is 0 Å². The number of aliphatic imine (C=N–C) groups is 1. The van der Waals surface area contributed by atoms with Crippen molar-refractivity contribution in [3.63, 3.8) is 0 Å². The molecule has 3 rings (SSSR count). The fourth-order valence-corrected chi connectivity index (χ4v) is 6.21. The van der Waals surface area contributed by atoms with E-state index in [9.17, 15) is 9.00 Å². The van der Waals surface area contributed by atoms with Crippen LogP contribution >= 0.6 is 11.3 Å². The van der Waals surface area contributed by atoms with Gasteiger partial charge >= 0.3 is 0 Å². The molecule has 1 aromatic rings. The Bertz CT molecular complexity index is 719. The van der Waals surface area contributed by atoms with Crippen molar-refractivity contribution >= 4 is 34.0 Å². The fraction of sp³-hybridized carbons (Fsp3) is 0.700. The Kier molecular flexibility index (Phi) is 7.91. The van der Waals surface area contributed by atoms with Gasteiger partial charge in [-0.05, 0) is 49.6 Å². The molecule has 3 unspecified atom stereocenters. The summed E-state index contributed by atoms with van der Waals surface area (Å²) in [5.74, 6) is 1.49. The number of guanidine groups is 1. The smallest absolute Gasteiger partial charge is 0.244 e. The normalized spacial score (nSPS) is 23.8. The van der Waals surface area contributed by atoms with Crippen molar-refractivity contribution in [2.45, 2.75) is 63.8 Å². The van der Waals surface area contributed by atoms with E-state index in [2.05, 4.69) is 27.1 Å². The molecule has 1 amide bonds. The van der Waals surface area contributed by atoms with Crippen LogP contribution in [0.1, 0.15) is 50.0 Å². The van der Waals surface area contributed by atoms with E-state index < -0.39 is 10.8 Å². The quantitative estimate of drug-likeness (QED) is 0.543. The molecule has 0 radical (unpaired) electrons. The summed E-state index contributed by atoms with van der Waals surface area (Å²) in [6.07, 6.45) is 5.04. The van der Waals surface area contributed by atoms with Gasteiger partial charge in [0.05, 0.1) is 0 Å². The molecular formula is C20H32N4O2S2. The highest BCUT2D eigenvalue weighted by Gasteiger charge is 2.26. The first-order chi connectivity index (χ1) is 13.6. The van der Waals surface area contributed by atoms with Gasteiger partial charge in [0.15, 0.2) is 5.96 Å². The van der Waals surface area contributed by atoms with Gasteiger partial charge in [0.1, 0.15) is 6.54 Å². The zero-order chi connectivity index (χ0) is 19.9. The predicted molar refractivity (Wildman–Crippen MR) is 117 cm³/mol. The summed E-state index contributed by atoms with van der Waals surface area (Å²) in [7, 11) is -0.742. The molecule has 0 bridgehead atoms. The van der Waals surface area contributed by atoms with E-state index in [0.717, 1.165) is 50.9 Å². The second-order valence-electron chi connectivity index (χ2n) is 7.43. The van der Waals surface area contributed by atoms with Gasteiger partial charge in [0, 0.05) is 52.4 Å². The van der Waals surface area contributed by atoms with Crippen LogP contribution in [0.25, 0.3) is 0 Å². The van der Waals surface area contributed by atoms with Crippen LogP contribution < -0.4 is 10.6 Å². The topological polar surface area (TPSA) is 73.8 Å². The molecule has 0 aromatic carbocycles. The Labute approximate surface area is 174 Å². The summed E-state index contributed by atoms with van der Waals surface area (Å²) >= 11 is 1.78. The van der Waals surface area contributed by atoms with Crippen LogP contribution in [0.4, 0.5) is 0 Å². The lowest BCUT2D eigenvalue weighted by atomic mass is 9.95. The third-order valence-electron chi connectivity index (χ3n) is 5.50. The maximum atomic E-state index is 12.6. The summed E-state index contributed by atoms with van der Waals surface area (Å²) in [5, 5.41) is 9.10. The summed E-state index contributed by atoms with van der Waals surface area (Å²) in [5.41, 5.74) is 1.27. The lowest BCUT2D eigenvalue weighted by Crippen LogP contribution is -2.47. The average Bonchev–Trinajstić information content (AvgIpc) is 3.19. The summed E-state index contributed by atoms with van der Waals surface area (Å²) in [6.45, 7) is 6.40. The zero-order valence-electron chi connectivity index (χ0n) is 16.9. The number of rotatable bonds is 6. The molecule has 6 nitrogen and oxygen atoms in total. The SMILES string of the molecule is CCNC(=NCC(=O)N1CCc2sccc2C1)NC1CCCC(S(=O)CC)C1. The molecule has 28 heavy (non-hydrogen) atoms. The number of hydrogen-bond donors (Lipinski definition) is 2. The van der Waals surface area contributed by atoms with Gasteiger partial charge in [-0.1, -0.05) is 13.3 Å². The van der Waals surface area contributed by atoms with Crippen LogP contribution in [0.2, 0.25) is 0 Å². The van der Waals surface area contributed by atoms with Gasteiger partial charge in [-0.25, -0.2) is 4.99 Å². The fourth-order valence-electron chi connectivity index (χ4n) is 3.97. The molecule has 8 heteroatoms. The Morgan fingerprint density at radius 1 is 1.39 bits per heavy atom. The van der Waals surface area contributed by atoms with E-state index in [1.807, 2.05) is 18.7 Å². The zero-order valence-corrected chi connectivity index (χ0v) is 18.5. The lowest BCUT2D eigenvalue weighted by Gasteiger charge is -2.30. The monoisotopic (exact) mass is 424 g/mol. The molecule has 2 aliphatic rings. The summed E-state index contributed by atoms with van der Waals surface area (Å²) in [6, 6.07) is 2.39. The first kappa shape index (κ1) is 21.3. The number of nitrogens with one attached hydrogen (secondary N) is 2. The molecule has 156 valence electrons. The standard InChI is InChI=1S/C20H32N4O2S2/c1-3-21-20(23-16-6-5-7-17(12-16)28(26)4-2)22-13-19(25)24-10-8-18-15(14-24)9-11-27-18/h9,11,16-17H,3-8,10,12-14H2,1-2H3,(H2,21,22,23). The molecular weight excluding hydrogens is 392 g/mol. The number of carbonyl (C=O) groups excluding carboxylic acids is 1. The molecule has 1 aliphatic heterocycles. The van der Waals surface area contributed by atoms with Gasteiger partial charge in [0.2, 0.25) is 5.91 Å². The van der Waals surface area contributed by atoms with Gasteiger partial charge < -0.3 is 15.5 Å². The minimum absolute atomic E-state index is 0.0719. The van der Waals surface area contributed by atoms with Crippen molar-refractivity contribution in [1.29, 1.82) is 0 Å². The van der Waals surface area contributed by atoms with Crippen molar-refractivity contribution in [3.05, 3.63) is 21.9 Å². The third-order valence-corrected chi connectivity index (χ3v) is 8.26. The summed E-state index contributed by atoms with van der Waals surface area (Å²) < 4.78 is 12.2. The Morgan fingerprint density at radius 2 is 2.25 bits per heavy atom. The molecule has 3 atom stereocenters. The lowest BCUT2D eigenvalue weighted by molar-refractivity contribution is -0.130. The van der Waals surface area contributed by atoms with Crippen LogP contribution in [-0.4, -0.2) is 57.7 Å². The van der Waals surface area contributed by atoms with Gasteiger partial charge in [-0.3, -0.25) is 9.00 Å². The summed E-state index contributed by atoms with van der Waals surface area (Å²) in [4.78, 5) is 20.5. The average molecular weight is 425 g/mol. The van der Waals surface area contributed by atoms with Crippen molar-refractivity contribution in [1.82, 2.24) is 15.5 Å². The molecule has 1 fully saturated rings. The molecule has 1 saturated carbocycles. The number of fused-ring (bicyclic) bond motifs is 1. The predicted octanol–water partition coefficient (Wildman–Crippen LogP) is 2.27. The largest absolute Gasteiger partial charge is 0.357 e. The first-order valence-corrected chi connectivity index (χ1v) is 12.6. The van der Waals surface area contributed by atoms with Crippen LogP contribution in [0.3, 0.4) is 0 Å². The third kappa shape index (κ3) is 5.56. The first-order valence-electron chi connectivity index (χ1n) is 10.4. The van der Waals surface area contributed by atoms with Crippen LogP contribution in [0, 0.1) is 0 Å².